The predicted molar refractivity (Wildman–Crippen MR) is 78.2 cm³/mol. The monoisotopic (exact) mass is 337 g/mol. The first-order valence-electron chi connectivity index (χ1n) is 5.33. The number of thioether (sulfide) groups is 1. The molecule has 0 aromatic heterocycles. The van der Waals surface area contributed by atoms with Crippen LogP contribution in [0.25, 0.3) is 0 Å². The Hall–Kier alpha value is -0.200. The molecule has 0 atom stereocenters. The van der Waals surface area contributed by atoms with Crippen molar-refractivity contribution >= 4 is 43.2 Å². The maximum absolute atomic E-state index is 11.3. The summed E-state index contributed by atoms with van der Waals surface area (Å²) in [7, 11) is -2.84. The summed E-state index contributed by atoms with van der Waals surface area (Å²) in [5, 5.41) is 0. The average molecular weight is 338 g/mol. The molecule has 0 aliphatic heterocycles. The molecule has 1 aromatic rings. The molecule has 17 heavy (non-hydrogen) atoms. The number of hydrogen-bond donors (Lipinski definition) is 1. The fourth-order valence-electron chi connectivity index (χ4n) is 1.24. The summed E-state index contributed by atoms with van der Waals surface area (Å²) in [5.74, 6) is 1.29. The molecule has 0 heterocycles. The number of hydrogen-bond acceptors (Lipinski definition) is 4. The van der Waals surface area contributed by atoms with E-state index in [-0.39, 0.29) is 11.5 Å². The molecule has 1 rings (SSSR count). The Bertz CT molecular complexity index is 474. The van der Waals surface area contributed by atoms with Crippen LogP contribution in [0.1, 0.15) is 13.3 Å². The normalized spacial score (nSPS) is 11.6. The summed E-state index contributed by atoms with van der Waals surface area (Å²) in [6, 6.07) is 5.64. The van der Waals surface area contributed by atoms with Gasteiger partial charge in [0.05, 0.1) is 5.75 Å². The highest BCUT2D eigenvalue weighted by Gasteiger charge is 2.07. The molecule has 0 bridgehead atoms. The number of rotatable bonds is 6. The summed E-state index contributed by atoms with van der Waals surface area (Å²) in [5.41, 5.74) is 6.36. The van der Waals surface area contributed by atoms with Crippen LogP contribution < -0.4 is 5.73 Å². The van der Waals surface area contributed by atoms with Crippen molar-refractivity contribution in [3.8, 4) is 0 Å². The van der Waals surface area contributed by atoms with Crippen LogP contribution in [-0.2, 0) is 9.84 Å². The Kier molecular flexibility index (Phi) is 5.82. The maximum atomic E-state index is 11.3. The predicted octanol–water partition coefficient (Wildman–Crippen LogP) is 2.95. The quantitative estimate of drug-likeness (QED) is 0.492. The van der Waals surface area contributed by atoms with Crippen molar-refractivity contribution in [2.24, 2.45) is 0 Å². The van der Waals surface area contributed by atoms with Gasteiger partial charge in [-0.05, 0) is 46.3 Å². The van der Waals surface area contributed by atoms with Crippen LogP contribution in [0.15, 0.2) is 27.6 Å². The number of sulfone groups is 1. The summed E-state index contributed by atoms with van der Waals surface area (Å²) in [4.78, 5) is 1.09. The molecule has 0 spiro atoms. The van der Waals surface area contributed by atoms with Crippen molar-refractivity contribution in [2.45, 2.75) is 18.2 Å². The lowest BCUT2D eigenvalue weighted by Crippen LogP contribution is -2.09. The van der Waals surface area contributed by atoms with E-state index in [1.54, 1.807) is 18.7 Å². The van der Waals surface area contributed by atoms with E-state index in [4.69, 9.17) is 5.73 Å². The molecule has 0 aliphatic carbocycles. The molecule has 0 fully saturated rings. The zero-order chi connectivity index (χ0) is 12.9. The maximum Gasteiger partial charge on any atom is 0.150 e. The van der Waals surface area contributed by atoms with Crippen molar-refractivity contribution < 1.29 is 8.42 Å². The Morgan fingerprint density at radius 3 is 2.71 bits per heavy atom. The number of anilines is 1. The van der Waals surface area contributed by atoms with Crippen LogP contribution in [0.5, 0.6) is 0 Å². The van der Waals surface area contributed by atoms with E-state index in [1.807, 2.05) is 18.2 Å². The highest BCUT2D eigenvalue weighted by Crippen LogP contribution is 2.29. The minimum atomic E-state index is -2.84. The lowest BCUT2D eigenvalue weighted by atomic mass is 10.3. The first kappa shape index (κ1) is 14.9. The van der Waals surface area contributed by atoms with Crippen LogP contribution >= 0.6 is 27.7 Å². The lowest BCUT2D eigenvalue weighted by Gasteiger charge is -2.05. The largest absolute Gasteiger partial charge is 0.399 e. The van der Waals surface area contributed by atoms with Gasteiger partial charge in [-0.1, -0.05) is 6.92 Å². The SMILES string of the molecule is CCS(=O)(=O)CCCSc1ccc(N)cc1Br. The van der Waals surface area contributed by atoms with Gasteiger partial charge in [0.25, 0.3) is 0 Å². The molecule has 0 radical (unpaired) electrons. The van der Waals surface area contributed by atoms with E-state index in [1.165, 1.54) is 0 Å². The second kappa shape index (κ2) is 6.66. The Labute approximate surface area is 115 Å². The molecule has 1 aromatic carbocycles. The van der Waals surface area contributed by atoms with Crippen molar-refractivity contribution in [1.29, 1.82) is 0 Å². The molecule has 2 N–H and O–H groups in total. The van der Waals surface area contributed by atoms with Crippen LogP contribution in [0.4, 0.5) is 5.69 Å². The fraction of sp³-hybridized carbons (Fsp3) is 0.455. The lowest BCUT2D eigenvalue weighted by molar-refractivity contribution is 0.596. The fourth-order valence-corrected chi connectivity index (χ4v) is 3.90. The third kappa shape index (κ3) is 5.31. The van der Waals surface area contributed by atoms with E-state index < -0.39 is 9.84 Å². The van der Waals surface area contributed by atoms with Gasteiger partial charge in [-0.2, -0.15) is 0 Å². The first-order chi connectivity index (χ1) is 7.94. The smallest absolute Gasteiger partial charge is 0.150 e. The summed E-state index contributed by atoms with van der Waals surface area (Å²) < 4.78 is 23.5. The Balaban J connectivity index is 2.41. The van der Waals surface area contributed by atoms with Gasteiger partial charge in [-0.3, -0.25) is 0 Å². The molecule has 0 saturated heterocycles. The highest BCUT2D eigenvalue weighted by molar-refractivity contribution is 9.10. The van der Waals surface area contributed by atoms with Gasteiger partial charge in [-0.25, -0.2) is 8.42 Å². The molecule has 6 heteroatoms. The number of halogens is 1. The first-order valence-corrected chi connectivity index (χ1v) is 8.93. The number of benzene rings is 1. The van der Waals surface area contributed by atoms with Crippen molar-refractivity contribution in [2.75, 3.05) is 23.0 Å². The average Bonchev–Trinajstić information content (AvgIpc) is 2.27. The van der Waals surface area contributed by atoms with E-state index >= 15 is 0 Å². The molecule has 96 valence electrons. The van der Waals surface area contributed by atoms with Gasteiger partial charge in [0.15, 0.2) is 0 Å². The van der Waals surface area contributed by atoms with Crippen LogP contribution in [-0.4, -0.2) is 25.7 Å². The van der Waals surface area contributed by atoms with Gasteiger partial charge >= 0.3 is 0 Å². The van der Waals surface area contributed by atoms with Gasteiger partial charge in [0.2, 0.25) is 0 Å². The number of nitrogen functional groups attached to an aromatic ring is 1. The van der Waals surface area contributed by atoms with E-state index in [0.717, 1.165) is 20.8 Å². The van der Waals surface area contributed by atoms with Crippen molar-refractivity contribution in [3.63, 3.8) is 0 Å². The molecule has 0 saturated carbocycles. The highest BCUT2D eigenvalue weighted by atomic mass is 79.9. The standard InChI is InChI=1S/C11H16BrNO2S2/c1-2-17(14,15)7-3-6-16-11-5-4-9(13)8-10(11)12/h4-5,8H,2-3,6-7,13H2,1H3. The van der Waals surface area contributed by atoms with Gasteiger partial charge in [-0.15, -0.1) is 11.8 Å². The van der Waals surface area contributed by atoms with Gasteiger partial charge in [0, 0.05) is 20.8 Å². The molecule has 3 nitrogen and oxygen atoms in total. The molecule has 0 aliphatic rings. The summed E-state index contributed by atoms with van der Waals surface area (Å²) in [6.45, 7) is 1.68. The van der Waals surface area contributed by atoms with Crippen molar-refractivity contribution in [1.82, 2.24) is 0 Å². The third-order valence-electron chi connectivity index (χ3n) is 2.25. The summed E-state index contributed by atoms with van der Waals surface area (Å²) >= 11 is 5.07. The molecular weight excluding hydrogens is 322 g/mol. The molecule has 0 amide bonds. The Morgan fingerprint density at radius 1 is 1.41 bits per heavy atom. The van der Waals surface area contributed by atoms with Gasteiger partial charge < -0.3 is 5.73 Å². The van der Waals surface area contributed by atoms with Gasteiger partial charge in [0.1, 0.15) is 9.84 Å². The minimum Gasteiger partial charge on any atom is -0.399 e. The second-order valence-corrected chi connectivity index (χ2v) is 8.09. The Morgan fingerprint density at radius 2 is 2.12 bits per heavy atom. The zero-order valence-corrected chi connectivity index (χ0v) is 12.9. The van der Waals surface area contributed by atoms with Crippen LogP contribution in [0, 0.1) is 0 Å². The van der Waals surface area contributed by atoms with Crippen molar-refractivity contribution in [3.05, 3.63) is 22.7 Å². The molecular formula is C11H16BrNO2S2. The minimum absolute atomic E-state index is 0.225. The third-order valence-corrected chi connectivity index (χ3v) is 6.12. The number of nitrogens with two attached hydrogens (primary N) is 1. The summed E-state index contributed by atoms with van der Waals surface area (Å²) in [6.07, 6.45) is 0.678. The second-order valence-electron chi connectivity index (χ2n) is 3.63. The van der Waals surface area contributed by atoms with E-state index in [2.05, 4.69) is 15.9 Å². The molecule has 0 unspecified atom stereocenters. The van der Waals surface area contributed by atoms with E-state index in [0.29, 0.717) is 6.42 Å². The van der Waals surface area contributed by atoms with E-state index in [9.17, 15) is 8.42 Å². The van der Waals surface area contributed by atoms with Crippen LogP contribution in [0.2, 0.25) is 0 Å². The topological polar surface area (TPSA) is 60.2 Å². The zero-order valence-electron chi connectivity index (χ0n) is 9.65. The van der Waals surface area contributed by atoms with Crippen LogP contribution in [0.3, 0.4) is 0 Å².